The van der Waals surface area contributed by atoms with E-state index in [4.69, 9.17) is 0 Å². The van der Waals surface area contributed by atoms with E-state index in [0.717, 1.165) is 22.9 Å². The first-order chi connectivity index (χ1) is 11.2. The molecule has 0 saturated heterocycles. The Hall–Kier alpha value is -2.34. The average molecular weight is 346 g/mol. The van der Waals surface area contributed by atoms with Crippen LogP contribution in [0.25, 0.3) is 0 Å². The third-order valence-electron chi connectivity index (χ3n) is 3.68. The smallest absolute Gasteiger partial charge is 0.251 e. The van der Waals surface area contributed by atoms with Gasteiger partial charge in [-0.3, -0.25) is 9.52 Å². The molecule has 0 aromatic heterocycles. The Morgan fingerprint density at radius 1 is 1.08 bits per heavy atom. The average Bonchev–Trinajstić information content (AvgIpc) is 2.48. The molecular weight excluding hydrogens is 324 g/mol. The fraction of sp³-hybridized carbons (Fsp3) is 0.278. The molecule has 0 bridgehead atoms. The predicted octanol–water partition coefficient (Wildman–Crippen LogP) is 3.17. The van der Waals surface area contributed by atoms with Crippen LogP contribution in [0.15, 0.2) is 42.5 Å². The summed E-state index contributed by atoms with van der Waals surface area (Å²) in [5, 5.41) is 2.95. The maximum absolute atomic E-state index is 12.5. The number of hydrogen-bond donors (Lipinski definition) is 2. The monoisotopic (exact) mass is 346 g/mol. The van der Waals surface area contributed by atoms with Crippen molar-refractivity contribution in [3.63, 3.8) is 0 Å². The fourth-order valence-corrected chi connectivity index (χ4v) is 3.08. The lowest BCUT2D eigenvalue weighted by Crippen LogP contribution is -2.27. The second-order valence-electron chi connectivity index (χ2n) is 6.01. The number of amides is 1. The van der Waals surface area contributed by atoms with Gasteiger partial charge in [0.1, 0.15) is 0 Å². The summed E-state index contributed by atoms with van der Waals surface area (Å²) in [6, 6.07) is 12.4. The SMILES string of the molecule is Cc1ccc(C)c([C@@H](C)NC(=O)c2cccc(NS(C)(=O)=O)c2)c1. The van der Waals surface area contributed by atoms with E-state index < -0.39 is 10.0 Å². The molecule has 6 heteroatoms. The highest BCUT2D eigenvalue weighted by Gasteiger charge is 2.14. The standard InChI is InChI=1S/C18H22N2O3S/c1-12-8-9-13(2)17(10-12)14(3)19-18(21)15-6-5-7-16(11-15)20-24(4,22)23/h5-11,14,20H,1-4H3,(H,19,21)/t14-/m1/s1. The zero-order valence-electron chi connectivity index (χ0n) is 14.3. The Balaban J connectivity index is 2.17. The van der Waals surface area contributed by atoms with Crippen molar-refractivity contribution in [2.45, 2.75) is 26.8 Å². The van der Waals surface area contributed by atoms with Crippen molar-refractivity contribution in [3.8, 4) is 0 Å². The number of sulfonamides is 1. The molecule has 128 valence electrons. The molecule has 5 nitrogen and oxygen atoms in total. The van der Waals surface area contributed by atoms with E-state index in [-0.39, 0.29) is 11.9 Å². The zero-order valence-corrected chi connectivity index (χ0v) is 15.1. The fourth-order valence-electron chi connectivity index (χ4n) is 2.52. The van der Waals surface area contributed by atoms with E-state index in [2.05, 4.69) is 16.1 Å². The highest BCUT2D eigenvalue weighted by atomic mass is 32.2. The summed E-state index contributed by atoms with van der Waals surface area (Å²) in [7, 11) is -3.38. The molecule has 2 aromatic carbocycles. The quantitative estimate of drug-likeness (QED) is 0.873. The normalized spacial score (nSPS) is 12.5. The van der Waals surface area contributed by atoms with E-state index in [1.165, 1.54) is 6.07 Å². The highest BCUT2D eigenvalue weighted by molar-refractivity contribution is 7.92. The molecule has 2 N–H and O–H groups in total. The van der Waals surface area contributed by atoms with Crippen LogP contribution >= 0.6 is 0 Å². The number of carbonyl (C=O) groups is 1. The lowest BCUT2D eigenvalue weighted by atomic mass is 9.99. The number of rotatable bonds is 5. The Morgan fingerprint density at radius 3 is 2.46 bits per heavy atom. The number of hydrogen-bond acceptors (Lipinski definition) is 3. The van der Waals surface area contributed by atoms with Gasteiger partial charge in [0, 0.05) is 11.3 Å². The van der Waals surface area contributed by atoms with Gasteiger partial charge in [0.25, 0.3) is 5.91 Å². The third kappa shape index (κ3) is 4.83. The van der Waals surface area contributed by atoms with E-state index in [1.54, 1.807) is 18.2 Å². The number of nitrogens with one attached hydrogen (secondary N) is 2. The molecule has 2 rings (SSSR count). The summed E-state index contributed by atoms with van der Waals surface area (Å²) >= 11 is 0. The molecule has 0 heterocycles. The van der Waals surface area contributed by atoms with Crippen molar-refractivity contribution in [1.82, 2.24) is 5.32 Å². The van der Waals surface area contributed by atoms with Gasteiger partial charge in [-0.2, -0.15) is 0 Å². The molecule has 0 radical (unpaired) electrons. The molecule has 0 fully saturated rings. The number of anilines is 1. The minimum Gasteiger partial charge on any atom is -0.346 e. The van der Waals surface area contributed by atoms with Crippen LogP contribution in [-0.4, -0.2) is 20.6 Å². The van der Waals surface area contributed by atoms with E-state index >= 15 is 0 Å². The van der Waals surface area contributed by atoms with Crippen LogP contribution in [0.5, 0.6) is 0 Å². The molecule has 0 aliphatic carbocycles. The van der Waals surface area contributed by atoms with Crippen LogP contribution in [0, 0.1) is 13.8 Å². The van der Waals surface area contributed by atoms with Crippen molar-refractivity contribution in [2.75, 3.05) is 11.0 Å². The van der Waals surface area contributed by atoms with Gasteiger partial charge in [0.15, 0.2) is 0 Å². The number of carbonyl (C=O) groups excluding carboxylic acids is 1. The summed E-state index contributed by atoms with van der Waals surface area (Å²) in [5.74, 6) is -0.249. The van der Waals surface area contributed by atoms with Crippen molar-refractivity contribution < 1.29 is 13.2 Å². The minimum atomic E-state index is -3.38. The largest absolute Gasteiger partial charge is 0.346 e. The molecule has 1 atom stereocenters. The minimum absolute atomic E-state index is 0.149. The first-order valence-electron chi connectivity index (χ1n) is 7.61. The number of aryl methyl sites for hydroxylation is 2. The van der Waals surface area contributed by atoms with Gasteiger partial charge in [0.05, 0.1) is 12.3 Å². The summed E-state index contributed by atoms with van der Waals surface area (Å²) in [6.45, 7) is 5.95. The molecule has 0 aliphatic rings. The lowest BCUT2D eigenvalue weighted by Gasteiger charge is -2.17. The maximum Gasteiger partial charge on any atom is 0.251 e. The Kier molecular flexibility index (Phi) is 5.29. The molecule has 0 aliphatic heterocycles. The zero-order chi connectivity index (χ0) is 17.9. The van der Waals surface area contributed by atoms with Crippen LogP contribution in [0.4, 0.5) is 5.69 Å². The second kappa shape index (κ2) is 7.05. The molecule has 0 unspecified atom stereocenters. The summed E-state index contributed by atoms with van der Waals surface area (Å²) in [6.07, 6.45) is 1.07. The van der Waals surface area contributed by atoms with Gasteiger partial charge in [-0.05, 0) is 50.1 Å². The highest BCUT2D eigenvalue weighted by Crippen LogP contribution is 2.20. The van der Waals surface area contributed by atoms with Crippen LogP contribution < -0.4 is 10.0 Å². The Morgan fingerprint density at radius 2 is 1.79 bits per heavy atom. The van der Waals surface area contributed by atoms with Crippen molar-refractivity contribution >= 4 is 21.6 Å². The lowest BCUT2D eigenvalue weighted by molar-refractivity contribution is 0.0940. The number of benzene rings is 2. The summed E-state index contributed by atoms with van der Waals surface area (Å²) in [5.41, 5.74) is 4.08. The van der Waals surface area contributed by atoms with Gasteiger partial charge in [-0.25, -0.2) is 8.42 Å². The van der Waals surface area contributed by atoms with Crippen molar-refractivity contribution in [3.05, 3.63) is 64.7 Å². The molecule has 0 spiro atoms. The van der Waals surface area contributed by atoms with E-state index in [9.17, 15) is 13.2 Å². The van der Waals surface area contributed by atoms with Gasteiger partial charge >= 0.3 is 0 Å². The van der Waals surface area contributed by atoms with Gasteiger partial charge in [0.2, 0.25) is 10.0 Å². The third-order valence-corrected chi connectivity index (χ3v) is 4.28. The summed E-state index contributed by atoms with van der Waals surface area (Å²) in [4.78, 5) is 12.5. The molecule has 2 aromatic rings. The molecule has 1 amide bonds. The van der Waals surface area contributed by atoms with Crippen LogP contribution in [-0.2, 0) is 10.0 Å². The Bertz CT molecular complexity index is 860. The molecule has 24 heavy (non-hydrogen) atoms. The predicted molar refractivity (Wildman–Crippen MR) is 96.7 cm³/mol. The molecule has 0 saturated carbocycles. The second-order valence-corrected chi connectivity index (χ2v) is 7.76. The first-order valence-corrected chi connectivity index (χ1v) is 9.51. The van der Waals surface area contributed by atoms with Crippen LogP contribution in [0.2, 0.25) is 0 Å². The maximum atomic E-state index is 12.5. The van der Waals surface area contributed by atoms with Crippen molar-refractivity contribution in [2.24, 2.45) is 0 Å². The summed E-state index contributed by atoms with van der Waals surface area (Å²) < 4.78 is 25.0. The van der Waals surface area contributed by atoms with Gasteiger partial charge in [-0.15, -0.1) is 0 Å². The Labute approximate surface area is 143 Å². The van der Waals surface area contributed by atoms with E-state index in [1.807, 2.05) is 32.9 Å². The van der Waals surface area contributed by atoms with Gasteiger partial charge in [-0.1, -0.05) is 29.8 Å². The van der Waals surface area contributed by atoms with E-state index in [0.29, 0.717) is 11.3 Å². The first kappa shape index (κ1) is 18.0. The van der Waals surface area contributed by atoms with Crippen LogP contribution in [0.3, 0.4) is 0 Å². The van der Waals surface area contributed by atoms with Crippen LogP contribution in [0.1, 0.15) is 40.0 Å². The van der Waals surface area contributed by atoms with Crippen molar-refractivity contribution in [1.29, 1.82) is 0 Å². The molecular formula is C18H22N2O3S. The van der Waals surface area contributed by atoms with Gasteiger partial charge < -0.3 is 5.32 Å². The topological polar surface area (TPSA) is 75.3 Å².